The average molecular weight is 298 g/mol. The molecule has 1 aliphatic rings. The fourth-order valence-electron chi connectivity index (χ4n) is 2.23. The van der Waals surface area contributed by atoms with Crippen LogP contribution in [0, 0.1) is 0 Å². The molecule has 3 N–H and O–H groups in total. The maximum Gasteiger partial charge on any atom is 0.267 e. The van der Waals surface area contributed by atoms with Crippen molar-refractivity contribution in [3.8, 4) is 0 Å². The highest BCUT2D eigenvalue weighted by Gasteiger charge is 2.23. The molecule has 7 heteroatoms. The first-order valence-corrected chi connectivity index (χ1v) is 7.80. The highest BCUT2D eigenvalue weighted by atomic mass is 32.1. The monoisotopic (exact) mass is 298 g/mol. The van der Waals surface area contributed by atoms with Gasteiger partial charge in [-0.2, -0.15) is 0 Å². The first-order chi connectivity index (χ1) is 9.61. The van der Waals surface area contributed by atoms with E-state index in [1.807, 2.05) is 6.92 Å². The molecule has 0 spiro atoms. The normalized spacial score (nSPS) is 18.8. The number of hydrogen-bond acceptors (Lipinski definition) is 6. The SMILES string of the molecule is CCNc1nc(N)c(C(=O)N(C)CC2CCCCO2)s1. The van der Waals surface area contributed by atoms with Crippen molar-refractivity contribution in [1.82, 2.24) is 9.88 Å². The number of carbonyl (C=O) groups excluding carboxylic acids is 1. The van der Waals surface area contributed by atoms with E-state index in [1.165, 1.54) is 17.8 Å². The molecule has 1 aromatic rings. The Kier molecular flexibility index (Phi) is 5.19. The van der Waals surface area contributed by atoms with E-state index in [4.69, 9.17) is 10.5 Å². The van der Waals surface area contributed by atoms with Crippen LogP contribution < -0.4 is 11.1 Å². The maximum absolute atomic E-state index is 12.4. The standard InChI is InChI=1S/C13H22N4O2S/c1-3-15-13-16-11(14)10(20-13)12(18)17(2)8-9-6-4-5-7-19-9/h9H,3-8,14H2,1-2H3,(H,15,16). The molecule has 1 aliphatic heterocycles. The number of hydrogen-bond donors (Lipinski definition) is 2. The van der Waals surface area contributed by atoms with Crippen LogP contribution in [0.4, 0.5) is 10.9 Å². The van der Waals surface area contributed by atoms with Gasteiger partial charge >= 0.3 is 0 Å². The zero-order valence-electron chi connectivity index (χ0n) is 12.0. The van der Waals surface area contributed by atoms with E-state index in [9.17, 15) is 4.79 Å². The molecule has 1 amide bonds. The Labute approximate surface area is 123 Å². The Bertz CT molecular complexity index is 457. The third kappa shape index (κ3) is 3.61. The third-order valence-corrected chi connectivity index (χ3v) is 4.29. The van der Waals surface area contributed by atoms with Gasteiger partial charge in [-0.15, -0.1) is 0 Å². The summed E-state index contributed by atoms with van der Waals surface area (Å²) in [5.74, 6) is 0.214. The van der Waals surface area contributed by atoms with Crippen LogP contribution >= 0.6 is 11.3 Å². The molecule has 112 valence electrons. The minimum Gasteiger partial charge on any atom is -0.382 e. The van der Waals surface area contributed by atoms with Crippen molar-refractivity contribution in [3.05, 3.63) is 4.88 Å². The van der Waals surface area contributed by atoms with Gasteiger partial charge in [0, 0.05) is 26.7 Å². The Morgan fingerprint density at radius 3 is 3.05 bits per heavy atom. The fourth-order valence-corrected chi connectivity index (χ4v) is 3.17. The number of nitrogens with one attached hydrogen (secondary N) is 1. The second-order valence-electron chi connectivity index (χ2n) is 4.94. The zero-order chi connectivity index (χ0) is 14.5. The van der Waals surface area contributed by atoms with Gasteiger partial charge in [-0.05, 0) is 26.2 Å². The van der Waals surface area contributed by atoms with Crippen molar-refractivity contribution in [2.75, 3.05) is 37.8 Å². The van der Waals surface area contributed by atoms with E-state index >= 15 is 0 Å². The molecule has 1 atom stereocenters. The molecule has 2 heterocycles. The van der Waals surface area contributed by atoms with Gasteiger partial charge in [0.25, 0.3) is 5.91 Å². The van der Waals surface area contributed by atoms with E-state index in [-0.39, 0.29) is 12.0 Å². The van der Waals surface area contributed by atoms with E-state index < -0.39 is 0 Å². The number of likely N-dealkylation sites (N-methyl/N-ethyl adjacent to an activating group) is 1. The fraction of sp³-hybridized carbons (Fsp3) is 0.692. The van der Waals surface area contributed by atoms with Gasteiger partial charge < -0.3 is 20.7 Å². The molecule has 0 aromatic carbocycles. The van der Waals surface area contributed by atoms with Crippen molar-refractivity contribution in [1.29, 1.82) is 0 Å². The van der Waals surface area contributed by atoms with Gasteiger partial charge in [-0.3, -0.25) is 4.79 Å². The molecule has 1 fully saturated rings. The quantitative estimate of drug-likeness (QED) is 0.866. The summed E-state index contributed by atoms with van der Waals surface area (Å²) in [6.45, 7) is 4.13. The van der Waals surface area contributed by atoms with Gasteiger partial charge in [0.15, 0.2) is 5.13 Å². The number of rotatable bonds is 5. The van der Waals surface area contributed by atoms with E-state index in [2.05, 4.69) is 10.3 Å². The molecule has 2 rings (SSSR count). The molecule has 1 unspecified atom stereocenters. The lowest BCUT2D eigenvalue weighted by atomic mass is 10.1. The molecule has 6 nitrogen and oxygen atoms in total. The molecule has 20 heavy (non-hydrogen) atoms. The lowest BCUT2D eigenvalue weighted by molar-refractivity contribution is -0.0000881. The molecule has 0 bridgehead atoms. The predicted octanol–water partition coefficient (Wildman–Crippen LogP) is 1.80. The molecule has 1 saturated heterocycles. The molecule has 0 radical (unpaired) electrons. The lowest BCUT2D eigenvalue weighted by Crippen LogP contribution is -2.37. The third-order valence-electron chi connectivity index (χ3n) is 3.27. The van der Waals surface area contributed by atoms with Crippen LogP contribution in [0.5, 0.6) is 0 Å². The van der Waals surface area contributed by atoms with Gasteiger partial charge in [-0.1, -0.05) is 11.3 Å². The summed E-state index contributed by atoms with van der Waals surface area (Å²) in [6.07, 6.45) is 3.43. The van der Waals surface area contributed by atoms with Crippen LogP contribution in [0.1, 0.15) is 35.9 Å². The van der Waals surface area contributed by atoms with E-state index in [0.29, 0.717) is 22.4 Å². The second-order valence-corrected chi connectivity index (χ2v) is 5.94. The van der Waals surface area contributed by atoms with Gasteiger partial charge in [0.2, 0.25) is 0 Å². The number of nitrogens with zero attached hydrogens (tertiary/aromatic N) is 2. The highest BCUT2D eigenvalue weighted by molar-refractivity contribution is 7.18. The Balaban J connectivity index is 1.98. The molecular weight excluding hydrogens is 276 g/mol. The van der Waals surface area contributed by atoms with Gasteiger partial charge in [0.05, 0.1) is 6.10 Å². The minimum atomic E-state index is -0.0849. The van der Waals surface area contributed by atoms with Crippen molar-refractivity contribution >= 4 is 28.2 Å². The van der Waals surface area contributed by atoms with Crippen molar-refractivity contribution in [3.63, 3.8) is 0 Å². The van der Waals surface area contributed by atoms with E-state index in [1.54, 1.807) is 11.9 Å². The minimum absolute atomic E-state index is 0.0849. The Hall–Kier alpha value is -1.34. The summed E-state index contributed by atoms with van der Waals surface area (Å²) in [5, 5.41) is 3.77. The van der Waals surface area contributed by atoms with Crippen LogP contribution in [-0.2, 0) is 4.74 Å². The number of anilines is 2. The molecule has 0 saturated carbocycles. The van der Waals surface area contributed by atoms with Crippen LogP contribution in [-0.4, -0.2) is 48.6 Å². The summed E-state index contributed by atoms with van der Waals surface area (Å²) < 4.78 is 5.66. The van der Waals surface area contributed by atoms with E-state index in [0.717, 1.165) is 26.0 Å². The number of nitrogens with two attached hydrogens (primary N) is 1. The predicted molar refractivity (Wildman–Crippen MR) is 81.2 cm³/mol. The lowest BCUT2D eigenvalue weighted by Gasteiger charge is -2.27. The van der Waals surface area contributed by atoms with Crippen LogP contribution in [0.2, 0.25) is 0 Å². The number of amides is 1. The second kappa shape index (κ2) is 6.90. The Morgan fingerprint density at radius 2 is 2.40 bits per heavy atom. The zero-order valence-corrected chi connectivity index (χ0v) is 12.8. The average Bonchev–Trinajstić information content (AvgIpc) is 2.80. The largest absolute Gasteiger partial charge is 0.382 e. The van der Waals surface area contributed by atoms with Gasteiger partial charge in [-0.25, -0.2) is 4.98 Å². The summed E-state index contributed by atoms with van der Waals surface area (Å²) in [4.78, 5) is 18.7. The maximum atomic E-state index is 12.4. The van der Waals surface area contributed by atoms with Crippen LogP contribution in [0.15, 0.2) is 0 Å². The van der Waals surface area contributed by atoms with Gasteiger partial charge in [0.1, 0.15) is 10.7 Å². The molecular formula is C13H22N4O2S. The first kappa shape index (κ1) is 15.1. The number of carbonyl (C=O) groups is 1. The number of nitrogen functional groups attached to an aromatic ring is 1. The highest BCUT2D eigenvalue weighted by Crippen LogP contribution is 2.26. The number of thiazole rings is 1. The smallest absolute Gasteiger partial charge is 0.267 e. The Morgan fingerprint density at radius 1 is 1.60 bits per heavy atom. The molecule has 0 aliphatic carbocycles. The molecule has 1 aromatic heterocycles. The van der Waals surface area contributed by atoms with Crippen molar-refractivity contribution in [2.45, 2.75) is 32.3 Å². The van der Waals surface area contributed by atoms with Crippen LogP contribution in [0.3, 0.4) is 0 Å². The summed E-state index contributed by atoms with van der Waals surface area (Å²) >= 11 is 1.30. The number of ether oxygens (including phenoxy) is 1. The van der Waals surface area contributed by atoms with Crippen molar-refractivity contribution < 1.29 is 9.53 Å². The summed E-state index contributed by atoms with van der Waals surface area (Å²) in [5.41, 5.74) is 5.82. The van der Waals surface area contributed by atoms with Crippen molar-refractivity contribution in [2.24, 2.45) is 0 Å². The first-order valence-electron chi connectivity index (χ1n) is 6.99. The summed E-state index contributed by atoms with van der Waals surface area (Å²) in [6, 6.07) is 0. The summed E-state index contributed by atoms with van der Waals surface area (Å²) in [7, 11) is 1.78. The number of aromatic nitrogens is 1. The van der Waals surface area contributed by atoms with Crippen LogP contribution in [0.25, 0.3) is 0 Å². The topological polar surface area (TPSA) is 80.5 Å².